The normalized spacial score (nSPS) is 13.5. The van der Waals surface area contributed by atoms with Gasteiger partial charge in [0.2, 0.25) is 5.82 Å². The maximum Gasteiger partial charge on any atom is 0.287 e. The maximum absolute atomic E-state index is 13.5. The van der Waals surface area contributed by atoms with Crippen molar-refractivity contribution in [3.8, 4) is 0 Å². The lowest BCUT2D eigenvalue weighted by atomic mass is 9.88. The molecule has 5 heteroatoms. The van der Waals surface area contributed by atoms with Crippen molar-refractivity contribution in [2.75, 3.05) is 0 Å². The molecule has 0 aliphatic carbocycles. The Hall–Kier alpha value is -1.91. The molecule has 2 aromatic rings. The van der Waals surface area contributed by atoms with E-state index in [-0.39, 0.29) is 23.2 Å². The zero-order valence-corrected chi connectivity index (χ0v) is 11.6. The van der Waals surface area contributed by atoms with Gasteiger partial charge in [-0.25, -0.2) is 9.37 Å². The number of pyridine rings is 1. The SMILES string of the molecule is CC(NC(=O)c1ncc2c(F)cccn12)C(C)(C)C. The Labute approximate surface area is 111 Å². The lowest BCUT2D eigenvalue weighted by Gasteiger charge is -2.27. The van der Waals surface area contributed by atoms with Gasteiger partial charge in [-0.15, -0.1) is 0 Å². The number of carbonyl (C=O) groups is 1. The number of hydrogen-bond acceptors (Lipinski definition) is 2. The van der Waals surface area contributed by atoms with Gasteiger partial charge in [0.15, 0.2) is 0 Å². The van der Waals surface area contributed by atoms with E-state index in [2.05, 4.69) is 10.3 Å². The molecule has 1 amide bonds. The molecule has 1 unspecified atom stereocenters. The number of aromatic nitrogens is 2. The van der Waals surface area contributed by atoms with Crippen molar-refractivity contribution in [3.63, 3.8) is 0 Å². The molecular weight excluding hydrogens is 245 g/mol. The first-order valence-corrected chi connectivity index (χ1v) is 6.23. The summed E-state index contributed by atoms with van der Waals surface area (Å²) in [5, 5.41) is 2.89. The third-order valence-electron chi connectivity index (χ3n) is 3.37. The minimum absolute atomic E-state index is 0.0130. The number of nitrogens with one attached hydrogen (secondary N) is 1. The van der Waals surface area contributed by atoms with Crippen LogP contribution >= 0.6 is 0 Å². The van der Waals surface area contributed by atoms with E-state index in [1.807, 2.05) is 27.7 Å². The van der Waals surface area contributed by atoms with Gasteiger partial charge in [-0.3, -0.25) is 9.20 Å². The van der Waals surface area contributed by atoms with Gasteiger partial charge >= 0.3 is 0 Å². The highest BCUT2D eigenvalue weighted by Crippen LogP contribution is 2.19. The Morgan fingerprint density at radius 2 is 2.16 bits per heavy atom. The summed E-state index contributed by atoms with van der Waals surface area (Å²) in [5.41, 5.74) is 0.254. The van der Waals surface area contributed by atoms with E-state index in [4.69, 9.17) is 0 Å². The quantitative estimate of drug-likeness (QED) is 0.905. The van der Waals surface area contributed by atoms with Crippen LogP contribution in [0.2, 0.25) is 0 Å². The molecule has 0 saturated carbocycles. The zero-order valence-electron chi connectivity index (χ0n) is 11.6. The van der Waals surface area contributed by atoms with Crippen LogP contribution in [0.3, 0.4) is 0 Å². The summed E-state index contributed by atoms with van der Waals surface area (Å²) in [6, 6.07) is 2.88. The Balaban J connectivity index is 2.30. The highest BCUT2D eigenvalue weighted by Gasteiger charge is 2.24. The van der Waals surface area contributed by atoms with Crippen molar-refractivity contribution in [1.82, 2.24) is 14.7 Å². The smallest absolute Gasteiger partial charge is 0.287 e. The first-order valence-electron chi connectivity index (χ1n) is 6.23. The molecule has 0 saturated heterocycles. The number of fused-ring (bicyclic) bond motifs is 1. The summed E-state index contributed by atoms with van der Waals surface area (Å²) in [7, 11) is 0. The number of amides is 1. The molecule has 0 radical (unpaired) electrons. The van der Waals surface area contributed by atoms with Crippen LogP contribution in [-0.2, 0) is 0 Å². The number of hydrogen-bond donors (Lipinski definition) is 1. The molecule has 2 rings (SSSR count). The van der Waals surface area contributed by atoms with Gasteiger partial charge < -0.3 is 5.32 Å². The Bertz CT molecular complexity index is 613. The number of halogens is 1. The largest absolute Gasteiger partial charge is 0.346 e. The number of carbonyl (C=O) groups excluding carboxylic acids is 1. The summed E-state index contributed by atoms with van der Waals surface area (Å²) in [6.07, 6.45) is 2.99. The topological polar surface area (TPSA) is 46.4 Å². The Morgan fingerprint density at radius 1 is 1.47 bits per heavy atom. The Kier molecular flexibility index (Phi) is 3.30. The van der Waals surface area contributed by atoms with Crippen LogP contribution < -0.4 is 5.32 Å². The lowest BCUT2D eigenvalue weighted by molar-refractivity contribution is 0.0899. The van der Waals surface area contributed by atoms with Gasteiger partial charge in [0.25, 0.3) is 5.91 Å². The zero-order chi connectivity index (χ0) is 14.2. The molecule has 0 fully saturated rings. The van der Waals surface area contributed by atoms with Crippen LogP contribution in [0.4, 0.5) is 4.39 Å². The maximum atomic E-state index is 13.5. The van der Waals surface area contributed by atoms with Crippen molar-refractivity contribution in [1.29, 1.82) is 0 Å². The van der Waals surface area contributed by atoms with Gasteiger partial charge in [-0.2, -0.15) is 0 Å². The van der Waals surface area contributed by atoms with Crippen LogP contribution in [0.1, 0.15) is 38.3 Å². The highest BCUT2D eigenvalue weighted by molar-refractivity contribution is 5.92. The molecule has 0 aliphatic heterocycles. The van der Waals surface area contributed by atoms with E-state index in [9.17, 15) is 9.18 Å². The predicted octanol–water partition coefficient (Wildman–Crippen LogP) is 2.64. The van der Waals surface area contributed by atoms with Crippen LogP contribution in [-0.4, -0.2) is 21.3 Å². The second kappa shape index (κ2) is 4.64. The van der Waals surface area contributed by atoms with Crippen LogP contribution in [0.25, 0.3) is 5.52 Å². The van der Waals surface area contributed by atoms with Crippen molar-refractivity contribution in [3.05, 3.63) is 36.2 Å². The van der Waals surface area contributed by atoms with Gasteiger partial charge in [-0.1, -0.05) is 20.8 Å². The van der Waals surface area contributed by atoms with Gasteiger partial charge in [-0.05, 0) is 24.5 Å². The fourth-order valence-electron chi connectivity index (χ4n) is 1.63. The van der Waals surface area contributed by atoms with Crippen LogP contribution in [0.5, 0.6) is 0 Å². The van der Waals surface area contributed by atoms with E-state index < -0.39 is 5.82 Å². The van der Waals surface area contributed by atoms with E-state index in [0.717, 1.165) is 0 Å². The minimum Gasteiger partial charge on any atom is -0.346 e. The fraction of sp³-hybridized carbons (Fsp3) is 0.429. The average Bonchev–Trinajstić information content (AvgIpc) is 2.72. The van der Waals surface area contributed by atoms with E-state index in [1.165, 1.54) is 16.7 Å². The second-order valence-electron chi connectivity index (χ2n) is 5.75. The first-order chi connectivity index (χ1) is 8.80. The van der Waals surface area contributed by atoms with Crippen molar-refractivity contribution in [2.45, 2.75) is 33.7 Å². The first kappa shape index (κ1) is 13.5. The predicted molar refractivity (Wildman–Crippen MR) is 71.5 cm³/mol. The fourth-order valence-corrected chi connectivity index (χ4v) is 1.63. The van der Waals surface area contributed by atoms with Crippen molar-refractivity contribution in [2.24, 2.45) is 5.41 Å². The molecule has 19 heavy (non-hydrogen) atoms. The highest BCUT2D eigenvalue weighted by atomic mass is 19.1. The Morgan fingerprint density at radius 3 is 2.79 bits per heavy atom. The molecule has 0 aliphatic rings. The van der Waals surface area contributed by atoms with Gasteiger partial charge in [0.05, 0.1) is 6.20 Å². The number of imidazole rings is 1. The molecule has 0 aromatic carbocycles. The summed E-state index contributed by atoms with van der Waals surface area (Å²) in [6.45, 7) is 8.07. The van der Waals surface area contributed by atoms with E-state index in [1.54, 1.807) is 12.3 Å². The summed E-state index contributed by atoms with van der Waals surface area (Å²) >= 11 is 0. The molecule has 0 bridgehead atoms. The molecule has 2 aromatic heterocycles. The molecule has 1 N–H and O–H groups in total. The van der Waals surface area contributed by atoms with Crippen molar-refractivity contribution < 1.29 is 9.18 Å². The van der Waals surface area contributed by atoms with Gasteiger partial charge in [0.1, 0.15) is 11.3 Å². The molecular formula is C14H18FN3O. The minimum atomic E-state index is -0.391. The molecule has 1 atom stereocenters. The summed E-state index contributed by atoms with van der Waals surface area (Å²) < 4.78 is 15.0. The lowest BCUT2D eigenvalue weighted by Crippen LogP contribution is -2.42. The molecule has 0 spiro atoms. The third-order valence-corrected chi connectivity index (χ3v) is 3.37. The standard InChI is InChI=1S/C14H18FN3O/c1-9(14(2,3)4)17-13(19)12-16-8-11-10(15)6-5-7-18(11)12/h5-9H,1-4H3,(H,17,19). The second-order valence-corrected chi connectivity index (χ2v) is 5.75. The summed E-state index contributed by atoms with van der Waals surface area (Å²) in [5.74, 6) is -0.489. The number of rotatable bonds is 2. The van der Waals surface area contributed by atoms with Crippen molar-refractivity contribution >= 4 is 11.4 Å². The number of nitrogens with zero attached hydrogens (tertiary/aromatic N) is 2. The van der Waals surface area contributed by atoms with Gasteiger partial charge in [0, 0.05) is 12.2 Å². The van der Waals surface area contributed by atoms with Crippen LogP contribution in [0.15, 0.2) is 24.5 Å². The molecule has 102 valence electrons. The third kappa shape index (κ3) is 2.59. The molecule has 4 nitrogen and oxygen atoms in total. The average molecular weight is 263 g/mol. The monoisotopic (exact) mass is 263 g/mol. The van der Waals surface area contributed by atoms with E-state index in [0.29, 0.717) is 5.52 Å². The molecule has 2 heterocycles. The van der Waals surface area contributed by atoms with E-state index >= 15 is 0 Å². The van der Waals surface area contributed by atoms with Crippen LogP contribution in [0, 0.1) is 11.2 Å². The summed E-state index contributed by atoms with van der Waals surface area (Å²) in [4.78, 5) is 16.2.